The number of aryl methyl sites for hydroxylation is 1. The number of nitrogens with zero attached hydrogens (tertiary/aromatic N) is 4. The van der Waals surface area contributed by atoms with E-state index in [-0.39, 0.29) is 35.4 Å². The number of rotatable bonds is 8. The summed E-state index contributed by atoms with van der Waals surface area (Å²) in [5, 5.41) is 20.4. The van der Waals surface area contributed by atoms with E-state index in [1.165, 1.54) is 16.9 Å². The summed E-state index contributed by atoms with van der Waals surface area (Å²) >= 11 is 0. The normalized spacial score (nSPS) is 27.3. The van der Waals surface area contributed by atoms with Gasteiger partial charge in [-0.25, -0.2) is 0 Å². The zero-order chi connectivity index (χ0) is 25.6. The average molecular weight is 515 g/mol. The lowest BCUT2D eigenvalue weighted by atomic mass is 9.78. The van der Waals surface area contributed by atoms with Gasteiger partial charge in [-0.05, 0) is 61.1 Å². The number of halogens is 3. The van der Waals surface area contributed by atoms with Gasteiger partial charge >= 0.3 is 6.36 Å². The minimum atomic E-state index is -4.75. The Hall–Kier alpha value is -3.18. The summed E-state index contributed by atoms with van der Waals surface area (Å²) in [6.07, 6.45) is -0.133. The van der Waals surface area contributed by atoms with Crippen molar-refractivity contribution in [2.75, 3.05) is 0 Å². The van der Waals surface area contributed by atoms with Crippen LogP contribution in [0.25, 0.3) is 0 Å². The zero-order valence-electron chi connectivity index (χ0n) is 20.4. The van der Waals surface area contributed by atoms with Crippen molar-refractivity contribution < 1.29 is 22.6 Å². The van der Waals surface area contributed by atoms with E-state index < -0.39 is 6.36 Å². The highest BCUT2D eigenvalue weighted by Gasteiger charge is 2.54. The first kappa shape index (κ1) is 24.2. The Kier molecular flexibility index (Phi) is 6.07. The van der Waals surface area contributed by atoms with Crippen LogP contribution in [0.1, 0.15) is 55.0 Å². The van der Waals surface area contributed by atoms with Gasteiger partial charge in [0.05, 0.1) is 18.7 Å². The number of hydrogen-bond acceptors (Lipinski definition) is 7. The highest BCUT2D eigenvalue weighted by Crippen LogP contribution is 2.49. The molecule has 196 valence electrons. The van der Waals surface area contributed by atoms with Crippen molar-refractivity contribution in [2.45, 2.75) is 74.7 Å². The molecule has 3 heterocycles. The van der Waals surface area contributed by atoms with Gasteiger partial charge in [0.15, 0.2) is 5.82 Å². The van der Waals surface area contributed by atoms with Crippen molar-refractivity contribution in [1.82, 2.24) is 30.8 Å². The smallest absolute Gasteiger partial charge is 0.490 e. The first-order chi connectivity index (χ1) is 17.8. The van der Waals surface area contributed by atoms with Crippen LogP contribution in [0.4, 0.5) is 13.2 Å². The lowest BCUT2D eigenvalue weighted by Crippen LogP contribution is -2.58. The molecule has 3 fully saturated rings. The van der Waals surface area contributed by atoms with Crippen molar-refractivity contribution >= 4 is 0 Å². The summed E-state index contributed by atoms with van der Waals surface area (Å²) in [6, 6.07) is 14.8. The fourth-order valence-electron chi connectivity index (χ4n) is 5.83. The van der Waals surface area contributed by atoms with Crippen molar-refractivity contribution in [1.29, 1.82) is 0 Å². The molecule has 2 saturated heterocycles. The molecule has 2 N–H and O–H groups in total. The maximum absolute atomic E-state index is 12.9. The largest absolute Gasteiger partial charge is 0.573 e. The second-order valence-corrected chi connectivity index (χ2v) is 10.2. The maximum atomic E-state index is 12.9. The number of ether oxygens (including phenoxy) is 2. The molecule has 0 radical (unpaired) electrons. The Balaban J connectivity index is 1.28. The molecule has 1 aromatic heterocycles. The Bertz CT molecular complexity index is 1250. The van der Waals surface area contributed by atoms with Gasteiger partial charge in [0.25, 0.3) is 0 Å². The van der Waals surface area contributed by atoms with Crippen LogP contribution >= 0.6 is 0 Å². The number of fused-ring (bicyclic) bond motifs is 2. The van der Waals surface area contributed by atoms with Crippen LogP contribution in [-0.2, 0) is 19.1 Å². The van der Waals surface area contributed by atoms with Crippen LogP contribution in [0.2, 0.25) is 0 Å². The number of hydrogen-bond donors (Lipinski definition) is 2. The quantitative estimate of drug-likeness (QED) is 0.471. The molecule has 3 aromatic rings. The first-order valence-electron chi connectivity index (χ1n) is 12.6. The molecular formula is C26H29F3N6O2. The molecule has 2 aliphatic heterocycles. The minimum Gasteiger partial charge on any atom is -0.490 e. The second-order valence-electron chi connectivity index (χ2n) is 10.2. The van der Waals surface area contributed by atoms with Gasteiger partial charge in [-0.2, -0.15) is 4.80 Å². The van der Waals surface area contributed by atoms with Crippen LogP contribution < -0.4 is 20.1 Å². The van der Waals surface area contributed by atoms with E-state index in [0.717, 1.165) is 43.5 Å². The van der Waals surface area contributed by atoms with E-state index in [0.29, 0.717) is 17.9 Å². The van der Waals surface area contributed by atoms with Gasteiger partial charge in [0.2, 0.25) is 0 Å². The van der Waals surface area contributed by atoms with Crippen molar-refractivity contribution in [2.24, 2.45) is 7.05 Å². The first-order valence-corrected chi connectivity index (χ1v) is 12.6. The summed E-state index contributed by atoms with van der Waals surface area (Å²) in [7, 11) is 1.76. The van der Waals surface area contributed by atoms with E-state index in [9.17, 15) is 13.2 Å². The summed E-state index contributed by atoms with van der Waals surface area (Å²) in [6.45, 7) is 0.344. The van der Waals surface area contributed by atoms with E-state index >= 15 is 0 Å². The Morgan fingerprint density at radius 1 is 1.11 bits per heavy atom. The minimum absolute atomic E-state index is 0.0220. The van der Waals surface area contributed by atoms with E-state index in [1.807, 2.05) is 18.2 Å². The predicted molar refractivity (Wildman–Crippen MR) is 128 cm³/mol. The van der Waals surface area contributed by atoms with Crippen LogP contribution in [0.3, 0.4) is 0 Å². The third-order valence-corrected chi connectivity index (χ3v) is 7.60. The van der Waals surface area contributed by atoms with Crippen molar-refractivity contribution in [3.05, 3.63) is 65.5 Å². The number of nitrogens with one attached hydrogen (secondary N) is 2. The maximum Gasteiger partial charge on any atom is 0.573 e. The molecule has 6 rings (SSSR count). The summed E-state index contributed by atoms with van der Waals surface area (Å²) < 4.78 is 48.9. The highest BCUT2D eigenvalue weighted by molar-refractivity contribution is 5.41. The van der Waals surface area contributed by atoms with E-state index in [2.05, 4.69) is 42.9 Å². The van der Waals surface area contributed by atoms with Crippen LogP contribution in [0, 0.1) is 0 Å². The van der Waals surface area contributed by atoms with Crippen LogP contribution in [-0.4, -0.2) is 44.8 Å². The monoisotopic (exact) mass is 514 g/mol. The SMILES string of the molecule is Cn1nnc(C2CC3(c4ccccc4)NC2CCC3NCc2cc(OC(F)(F)F)ccc2OC2CC2)n1. The fraction of sp³-hybridized carbons (Fsp3) is 0.500. The molecule has 37 heavy (non-hydrogen) atoms. The average Bonchev–Trinajstić information content (AvgIpc) is 3.50. The molecule has 4 unspecified atom stereocenters. The molecule has 0 amide bonds. The predicted octanol–water partition coefficient (Wildman–Crippen LogP) is 3.94. The number of benzene rings is 2. The molecule has 11 heteroatoms. The molecular weight excluding hydrogens is 485 g/mol. The van der Waals surface area contributed by atoms with Gasteiger partial charge in [-0.1, -0.05) is 30.3 Å². The van der Waals surface area contributed by atoms with Gasteiger partial charge in [-0.3, -0.25) is 0 Å². The van der Waals surface area contributed by atoms with Gasteiger partial charge in [-0.15, -0.1) is 23.4 Å². The molecule has 4 atom stereocenters. The van der Waals surface area contributed by atoms with Crippen molar-refractivity contribution in [3.63, 3.8) is 0 Å². The zero-order valence-corrected chi connectivity index (χ0v) is 20.4. The van der Waals surface area contributed by atoms with E-state index in [1.54, 1.807) is 13.1 Å². The van der Waals surface area contributed by atoms with Crippen molar-refractivity contribution in [3.8, 4) is 11.5 Å². The Morgan fingerprint density at radius 3 is 2.62 bits per heavy atom. The lowest BCUT2D eigenvalue weighted by molar-refractivity contribution is -0.274. The lowest BCUT2D eigenvalue weighted by Gasteiger charge is -2.43. The number of tetrazole rings is 1. The number of alkyl halides is 3. The second kappa shape index (κ2) is 9.29. The molecule has 2 aromatic carbocycles. The molecule has 1 saturated carbocycles. The topological polar surface area (TPSA) is 86.1 Å². The molecule has 8 nitrogen and oxygen atoms in total. The molecule has 0 spiro atoms. The molecule has 3 aliphatic rings. The fourth-order valence-corrected chi connectivity index (χ4v) is 5.83. The standard InChI is InChI=1S/C26H29F3N6O2/c1-35-33-24(32-34-35)20-14-25(17-5-3-2-4-6-17)23(12-10-21(20)31-25)30-15-16-13-19(37-26(27,28)29)9-11-22(16)36-18-7-8-18/h2-6,9,11,13,18,20-21,23,30-31H,7-8,10,12,14-15H2,1H3. The number of aromatic nitrogens is 4. The Labute approximate surface area is 212 Å². The van der Waals surface area contributed by atoms with E-state index in [4.69, 9.17) is 4.74 Å². The Morgan fingerprint density at radius 2 is 1.92 bits per heavy atom. The van der Waals surface area contributed by atoms with Gasteiger partial charge < -0.3 is 20.1 Å². The highest BCUT2D eigenvalue weighted by atomic mass is 19.4. The summed E-state index contributed by atoms with van der Waals surface area (Å²) in [4.78, 5) is 1.49. The van der Waals surface area contributed by atoms with Gasteiger partial charge in [0, 0.05) is 30.1 Å². The van der Waals surface area contributed by atoms with Crippen LogP contribution in [0.5, 0.6) is 11.5 Å². The molecule has 1 aliphatic carbocycles. The van der Waals surface area contributed by atoms with Gasteiger partial charge in [0.1, 0.15) is 11.5 Å². The summed E-state index contributed by atoms with van der Waals surface area (Å²) in [5.74, 6) is 1.18. The number of piperidine rings is 1. The third kappa shape index (κ3) is 5.02. The molecule has 2 bridgehead atoms. The third-order valence-electron chi connectivity index (χ3n) is 7.60. The summed E-state index contributed by atoms with van der Waals surface area (Å²) in [5.41, 5.74) is 1.42. The van der Waals surface area contributed by atoms with Crippen LogP contribution in [0.15, 0.2) is 48.5 Å².